The average Bonchev–Trinajstić information content (AvgIpc) is 2.84. The zero-order valence-electron chi connectivity index (χ0n) is 11.8. The Bertz CT molecular complexity index is 614. The first-order valence-corrected chi connectivity index (χ1v) is 8.27. The molecule has 0 aliphatic rings. The highest BCUT2D eigenvalue weighted by Crippen LogP contribution is 2.21. The molecule has 4 nitrogen and oxygen atoms in total. The Morgan fingerprint density at radius 1 is 1.43 bits per heavy atom. The number of para-hydroxylation sites is 2. The smallest absolute Gasteiger partial charge is 0.225 e. The van der Waals surface area contributed by atoms with Crippen LogP contribution in [0.1, 0.15) is 12.0 Å². The molecule has 1 amide bonds. The van der Waals surface area contributed by atoms with Gasteiger partial charge in [-0.3, -0.25) is 4.79 Å². The lowest BCUT2D eigenvalue weighted by molar-refractivity contribution is -0.116. The van der Waals surface area contributed by atoms with Gasteiger partial charge < -0.3 is 16.0 Å². The molecule has 0 fully saturated rings. The molecular formula is C15H18BrN3OS. The molecule has 2 aromatic rings. The lowest BCUT2D eigenvalue weighted by Gasteiger charge is -2.15. The van der Waals surface area contributed by atoms with Crippen LogP contribution in [-0.4, -0.2) is 24.4 Å². The first-order valence-electron chi connectivity index (χ1n) is 6.60. The minimum absolute atomic E-state index is 0.0220. The summed E-state index contributed by atoms with van der Waals surface area (Å²) in [5, 5.41) is 4.95. The van der Waals surface area contributed by atoms with E-state index in [1.807, 2.05) is 19.2 Å². The Labute approximate surface area is 137 Å². The molecule has 1 heterocycles. The van der Waals surface area contributed by atoms with Gasteiger partial charge in [-0.1, -0.05) is 12.1 Å². The summed E-state index contributed by atoms with van der Waals surface area (Å²) in [6.07, 6.45) is 0.441. The number of rotatable bonds is 6. The molecule has 0 aliphatic carbocycles. The summed E-state index contributed by atoms with van der Waals surface area (Å²) >= 11 is 5.12. The fourth-order valence-corrected chi connectivity index (χ4v) is 3.14. The second-order valence-corrected chi connectivity index (χ2v) is 7.17. The molecule has 0 unspecified atom stereocenters. The number of hydrogen-bond acceptors (Lipinski definition) is 4. The highest BCUT2D eigenvalue weighted by Gasteiger charge is 2.08. The Hall–Kier alpha value is -1.37. The number of carbonyl (C=O) groups is 1. The summed E-state index contributed by atoms with van der Waals surface area (Å²) in [6, 6.07) is 9.38. The molecular weight excluding hydrogens is 350 g/mol. The number of benzene rings is 1. The molecule has 1 aromatic heterocycles. The third kappa shape index (κ3) is 5.15. The van der Waals surface area contributed by atoms with Crippen molar-refractivity contribution < 1.29 is 4.79 Å². The van der Waals surface area contributed by atoms with Crippen LogP contribution in [0.2, 0.25) is 0 Å². The number of nitrogens with one attached hydrogen (secondary N) is 1. The molecule has 3 N–H and O–H groups in total. The summed E-state index contributed by atoms with van der Waals surface area (Å²) in [5.74, 6) is -0.0220. The molecule has 2 rings (SSSR count). The Morgan fingerprint density at radius 2 is 2.19 bits per heavy atom. The number of thiophene rings is 1. The maximum Gasteiger partial charge on any atom is 0.225 e. The van der Waals surface area contributed by atoms with E-state index in [1.54, 1.807) is 23.5 Å². The Balaban J connectivity index is 1.77. The SMILES string of the molecule is CN(CCC(=O)Nc1ccccc1N)Cc1csc(Br)c1. The van der Waals surface area contributed by atoms with E-state index in [1.165, 1.54) is 5.56 Å². The maximum atomic E-state index is 11.9. The van der Waals surface area contributed by atoms with E-state index in [2.05, 4.69) is 37.6 Å². The van der Waals surface area contributed by atoms with Crippen molar-refractivity contribution in [3.63, 3.8) is 0 Å². The van der Waals surface area contributed by atoms with Crippen LogP contribution >= 0.6 is 27.3 Å². The van der Waals surface area contributed by atoms with Gasteiger partial charge in [0.2, 0.25) is 5.91 Å². The van der Waals surface area contributed by atoms with E-state index in [0.29, 0.717) is 24.3 Å². The van der Waals surface area contributed by atoms with Crippen molar-refractivity contribution in [2.24, 2.45) is 0 Å². The van der Waals surface area contributed by atoms with E-state index in [0.717, 1.165) is 10.3 Å². The van der Waals surface area contributed by atoms with Crippen molar-refractivity contribution in [2.45, 2.75) is 13.0 Å². The molecule has 0 spiro atoms. The summed E-state index contributed by atoms with van der Waals surface area (Å²) in [4.78, 5) is 14.1. The fraction of sp³-hybridized carbons (Fsp3) is 0.267. The highest BCUT2D eigenvalue weighted by molar-refractivity contribution is 9.11. The molecule has 0 saturated carbocycles. The topological polar surface area (TPSA) is 58.4 Å². The Kier molecular flexibility index (Phi) is 5.78. The molecule has 1 aromatic carbocycles. The normalized spacial score (nSPS) is 10.8. The summed E-state index contributed by atoms with van der Waals surface area (Å²) in [7, 11) is 2.01. The van der Waals surface area contributed by atoms with Gasteiger partial charge >= 0.3 is 0 Å². The first kappa shape index (κ1) is 16.0. The van der Waals surface area contributed by atoms with Gasteiger partial charge in [-0.2, -0.15) is 0 Å². The van der Waals surface area contributed by atoms with Crippen LogP contribution in [0.5, 0.6) is 0 Å². The number of anilines is 2. The van der Waals surface area contributed by atoms with E-state index < -0.39 is 0 Å². The Morgan fingerprint density at radius 3 is 2.86 bits per heavy atom. The number of halogens is 1. The first-order chi connectivity index (χ1) is 10.0. The maximum absolute atomic E-state index is 11.9. The van der Waals surface area contributed by atoms with Crippen LogP contribution in [0.4, 0.5) is 11.4 Å². The molecule has 0 atom stereocenters. The van der Waals surface area contributed by atoms with Gasteiger partial charge in [0.1, 0.15) is 0 Å². The van der Waals surface area contributed by atoms with Gasteiger partial charge in [-0.05, 0) is 52.1 Å². The second kappa shape index (κ2) is 7.59. The summed E-state index contributed by atoms with van der Waals surface area (Å²) < 4.78 is 1.13. The van der Waals surface area contributed by atoms with Gasteiger partial charge in [0.15, 0.2) is 0 Å². The van der Waals surface area contributed by atoms with E-state index >= 15 is 0 Å². The molecule has 0 saturated heterocycles. The minimum atomic E-state index is -0.0220. The van der Waals surface area contributed by atoms with Crippen molar-refractivity contribution in [3.05, 3.63) is 45.1 Å². The molecule has 112 valence electrons. The zero-order chi connectivity index (χ0) is 15.2. The van der Waals surface area contributed by atoms with Crippen molar-refractivity contribution in [3.8, 4) is 0 Å². The number of carbonyl (C=O) groups excluding carboxylic acids is 1. The molecule has 0 aliphatic heterocycles. The minimum Gasteiger partial charge on any atom is -0.397 e. The molecule has 0 radical (unpaired) electrons. The second-order valence-electron chi connectivity index (χ2n) is 4.88. The number of hydrogen-bond donors (Lipinski definition) is 2. The van der Waals surface area contributed by atoms with Crippen LogP contribution < -0.4 is 11.1 Å². The van der Waals surface area contributed by atoms with Crippen LogP contribution in [0.3, 0.4) is 0 Å². The predicted octanol–water partition coefficient (Wildman–Crippen LogP) is 3.55. The zero-order valence-corrected chi connectivity index (χ0v) is 14.2. The van der Waals surface area contributed by atoms with Crippen LogP contribution in [-0.2, 0) is 11.3 Å². The number of nitrogens with zero attached hydrogens (tertiary/aromatic N) is 1. The third-order valence-electron chi connectivity index (χ3n) is 3.03. The number of nitrogens with two attached hydrogens (primary N) is 1. The van der Waals surface area contributed by atoms with Crippen molar-refractivity contribution >= 4 is 44.5 Å². The summed E-state index contributed by atoms with van der Waals surface area (Å²) in [5.41, 5.74) is 8.31. The van der Waals surface area contributed by atoms with Crippen LogP contribution in [0, 0.1) is 0 Å². The lowest BCUT2D eigenvalue weighted by Crippen LogP contribution is -2.24. The van der Waals surface area contributed by atoms with E-state index in [-0.39, 0.29) is 5.91 Å². The standard InChI is InChI=1S/C15H18BrN3OS/c1-19(9-11-8-14(16)21-10-11)7-6-15(20)18-13-5-3-2-4-12(13)17/h2-5,8,10H,6-7,9,17H2,1H3,(H,18,20). The van der Waals surface area contributed by atoms with Gasteiger partial charge in [0, 0.05) is 19.5 Å². The third-order valence-corrected chi connectivity index (χ3v) is 4.58. The van der Waals surface area contributed by atoms with Crippen LogP contribution in [0.15, 0.2) is 39.5 Å². The molecule has 21 heavy (non-hydrogen) atoms. The van der Waals surface area contributed by atoms with Gasteiger partial charge in [-0.15, -0.1) is 11.3 Å². The quantitative estimate of drug-likeness (QED) is 0.767. The largest absolute Gasteiger partial charge is 0.397 e. The predicted molar refractivity (Wildman–Crippen MR) is 92.5 cm³/mol. The van der Waals surface area contributed by atoms with E-state index in [9.17, 15) is 4.79 Å². The number of amides is 1. The van der Waals surface area contributed by atoms with Crippen molar-refractivity contribution in [1.29, 1.82) is 0 Å². The fourth-order valence-electron chi connectivity index (χ4n) is 1.94. The van der Waals surface area contributed by atoms with Crippen molar-refractivity contribution in [1.82, 2.24) is 4.90 Å². The summed E-state index contributed by atoms with van der Waals surface area (Å²) in [6.45, 7) is 1.54. The molecule has 0 bridgehead atoms. The average molecular weight is 368 g/mol. The van der Waals surface area contributed by atoms with E-state index in [4.69, 9.17) is 5.73 Å². The molecule has 6 heteroatoms. The van der Waals surface area contributed by atoms with Crippen molar-refractivity contribution in [2.75, 3.05) is 24.6 Å². The van der Waals surface area contributed by atoms with Gasteiger partial charge in [0.25, 0.3) is 0 Å². The van der Waals surface area contributed by atoms with Gasteiger partial charge in [-0.25, -0.2) is 0 Å². The monoisotopic (exact) mass is 367 g/mol. The number of nitrogen functional groups attached to an aromatic ring is 1. The van der Waals surface area contributed by atoms with Gasteiger partial charge in [0.05, 0.1) is 15.2 Å². The lowest BCUT2D eigenvalue weighted by atomic mass is 10.2. The van der Waals surface area contributed by atoms with Crippen LogP contribution in [0.25, 0.3) is 0 Å². The highest BCUT2D eigenvalue weighted by atomic mass is 79.9.